The molecule has 7 nitrogen and oxygen atoms in total. The molecule has 1 amide bonds. The first-order chi connectivity index (χ1) is 11.9. The van der Waals surface area contributed by atoms with Crippen molar-refractivity contribution in [3.63, 3.8) is 0 Å². The summed E-state index contributed by atoms with van der Waals surface area (Å²) in [5.41, 5.74) is 5.55. The summed E-state index contributed by atoms with van der Waals surface area (Å²) in [5.74, 6) is 2.26. The summed E-state index contributed by atoms with van der Waals surface area (Å²) >= 11 is 0. The molecule has 130 valence electrons. The third-order valence-corrected chi connectivity index (χ3v) is 4.55. The second-order valence-electron chi connectivity index (χ2n) is 4.85. The van der Waals surface area contributed by atoms with Crippen LogP contribution < -0.4 is 19.9 Å². The third kappa shape index (κ3) is 4.43. The van der Waals surface area contributed by atoms with Crippen molar-refractivity contribution in [2.24, 2.45) is 5.73 Å². The number of carbonyl (C=O) groups is 1. The molecular formula is C17H16N2O5S. The van der Waals surface area contributed by atoms with Gasteiger partial charge in [0, 0.05) is 5.69 Å². The number of hydrogen-bond acceptors (Lipinski definition) is 5. The van der Waals surface area contributed by atoms with Crippen molar-refractivity contribution in [3.8, 4) is 23.8 Å². The molecular weight excluding hydrogens is 344 g/mol. The van der Waals surface area contributed by atoms with Crippen LogP contribution in [0.4, 0.5) is 5.69 Å². The average molecular weight is 360 g/mol. The van der Waals surface area contributed by atoms with E-state index in [1.165, 1.54) is 31.4 Å². The molecule has 0 aliphatic heterocycles. The zero-order chi connectivity index (χ0) is 18.4. The predicted octanol–water partition coefficient (Wildman–Crippen LogP) is 1.61. The SMILES string of the molecule is C#CCOc1ccc(NS(=O)(=O)c2ccc(OC)c(C(N)=O)c2)cc1. The lowest BCUT2D eigenvalue weighted by Gasteiger charge is -2.11. The number of benzene rings is 2. The summed E-state index contributed by atoms with van der Waals surface area (Å²) in [5, 5.41) is 0. The van der Waals surface area contributed by atoms with E-state index in [0.29, 0.717) is 11.4 Å². The second-order valence-corrected chi connectivity index (χ2v) is 6.53. The van der Waals surface area contributed by atoms with Crippen molar-refractivity contribution in [3.05, 3.63) is 48.0 Å². The van der Waals surface area contributed by atoms with E-state index in [1.54, 1.807) is 12.1 Å². The molecule has 0 aliphatic rings. The number of hydrogen-bond donors (Lipinski definition) is 2. The Hall–Kier alpha value is -3.18. The van der Waals surface area contributed by atoms with E-state index in [4.69, 9.17) is 21.6 Å². The minimum absolute atomic E-state index is 0.0246. The fraction of sp³-hybridized carbons (Fsp3) is 0.118. The maximum Gasteiger partial charge on any atom is 0.261 e. The second kappa shape index (κ2) is 7.59. The van der Waals surface area contributed by atoms with Crippen molar-refractivity contribution in [1.82, 2.24) is 0 Å². The van der Waals surface area contributed by atoms with Gasteiger partial charge in [-0.1, -0.05) is 5.92 Å². The summed E-state index contributed by atoms with van der Waals surface area (Å²) in [7, 11) is -2.55. The lowest BCUT2D eigenvalue weighted by Crippen LogP contribution is -2.16. The minimum atomic E-state index is -3.91. The van der Waals surface area contributed by atoms with Gasteiger partial charge >= 0.3 is 0 Å². The largest absolute Gasteiger partial charge is 0.496 e. The Labute approximate surface area is 145 Å². The summed E-state index contributed by atoms with van der Waals surface area (Å²) in [6.45, 7) is 0.118. The molecule has 0 heterocycles. The molecule has 0 spiro atoms. The first-order valence-corrected chi connectivity index (χ1v) is 8.52. The highest BCUT2D eigenvalue weighted by atomic mass is 32.2. The van der Waals surface area contributed by atoms with Gasteiger partial charge in [-0.05, 0) is 42.5 Å². The predicted molar refractivity (Wildman–Crippen MR) is 93.1 cm³/mol. The number of amides is 1. The number of rotatable bonds is 7. The number of ether oxygens (including phenoxy) is 2. The number of anilines is 1. The van der Waals surface area contributed by atoms with Crippen LogP contribution in [-0.2, 0) is 10.0 Å². The van der Waals surface area contributed by atoms with E-state index >= 15 is 0 Å². The Bertz CT molecular complexity index is 915. The van der Waals surface area contributed by atoms with Gasteiger partial charge in [0.1, 0.15) is 18.1 Å². The molecule has 2 aromatic carbocycles. The van der Waals surface area contributed by atoms with Gasteiger partial charge in [-0.3, -0.25) is 9.52 Å². The van der Waals surface area contributed by atoms with Gasteiger partial charge in [-0.25, -0.2) is 8.42 Å². The van der Waals surface area contributed by atoms with Crippen molar-refractivity contribution in [1.29, 1.82) is 0 Å². The number of terminal acetylenes is 1. The lowest BCUT2D eigenvalue weighted by molar-refractivity contribution is 0.0997. The minimum Gasteiger partial charge on any atom is -0.496 e. The molecule has 8 heteroatoms. The van der Waals surface area contributed by atoms with E-state index in [2.05, 4.69) is 10.6 Å². The Balaban J connectivity index is 2.26. The highest BCUT2D eigenvalue weighted by Crippen LogP contribution is 2.24. The maximum absolute atomic E-state index is 12.5. The summed E-state index contributed by atoms with van der Waals surface area (Å²) < 4.78 is 37.6. The van der Waals surface area contributed by atoms with E-state index in [-0.39, 0.29) is 22.8 Å². The highest BCUT2D eigenvalue weighted by molar-refractivity contribution is 7.92. The molecule has 0 atom stereocenters. The van der Waals surface area contributed by atoms with Gasteiger partial charge < -0.3 is 15.2 Å². The molecule has 25 heavy (non-hydrogen) atoms. The molecule has 0 aromatic heterocycles. The van der Waals surface area contributed by atoms with E-state index in [1.807, 2.05) is 0 Å². The molecule has 0 radical (unpaired) electrons. The molecule has 3 N–H and O–H groups in total. The number of sulfonamides is 1. The number of nitrogens with two attached hydrogens (primary N) is 1. The number of primary amides is 1. The fourth-order valence-corrected chi connectivity index (χ4v) is 3.09. The normalized spacial score (nSPS) is 10.6. The summed E-state index contributed by atoms with van der Waals surface area (Å²) in [4.78, 5) is 11.3. The molecule has 0 bridgehead atoms. The van der Waals surface area contributed by atoms with Crippen molar-refractivity contribution in [2.45, 2.75) is 4.90 Å². The summed E-state index contributed by atoms with van der Waals surface area (Å²) in [6, 6.07) is 10.1. The highest BCUT2D eigenvalue weighted by Gasteiger charge is 2.18. The lowest BCUT2D eigenvalue weighted by atomic mass is 10.2. The van der Waals surface area contributed by atoms with Gasteiger partial charge in [0.2, 0.25) is 0 Å². The van der Waals surface area contributed by atoms with Crippen molar-refractivity contribution in [2.75, 3.05) is 18.4 Å². The molecule has 2 rings (SSSR count). The van der Waals surface area contributed by atoms with Crippen LogP contribution in [0.5, 0.6) is 11.5 Å². The van der Waals surface area contributed by atoms with Gasteiger partial charge in [0.05, 0.1) is 17.6 Å². The van der Waals surface area contributed by atoms with Crippen LogP contribution in [0.1, 0.15) is 10.4 Å². The molecule has 0 unspecified atom stereocenters. The van der Waals surface area contributed by atoms with E-state index in [0.717, 1.165) is 6.07 Å². The smallest absolute Gasteiger partial charge is 0.261 e. The van der Waals surface area contributed by atoms with Gasteiger partial charge in [0.15, 0.2) is 0 Å². The number of carbonyl (C=O) groups excluding carboxylic acids is 1. The standard InChI is InChI=1S/C17H16N2O5S/c1-3-10-24-13-6-4-12(5-7-13)19-25(21,22)14-8-9-16(23-2)15(11-14)17(18)20/h1,4-9,11,19H,10H2,2H3,(H2,18,20). The first kappa shape index (κ1) is 18.2. The Morgan fingerprint density at radius 3 is 2.48 bits per heavy atom. The molecule has 0 fully saturated rings. The molecule has 2 aromatic rings. The first-order valence-electron chi connectivity index (χ1n) is 7.04. The van der Waals surface area contributed by atoms with Crippen LogP contribution >= 0.6 is 0 Å². The number of nitrogens with one attached hydrogen (secondary N) is 1. The topological polar surface area (TPSA) is 108 Å². The molecule has 0 aliphatic carbocycles. The average Bonchev–Trinajstić information content (AvgIpc) is 2.60. The molecule has 0 saturated heterocycles. The zero-order valence-corrected chi connectivity index (χ0v) is 14.2. The summed E-state index contributed by atoms with van der Waals surface area (Å²) in [6.07, 6.45) is 5.10. The monoisotopic (exact) mass is 360 g/mol. The maximum atomic E-state index is 12.5. The number of methoxy groups -OCH3 is 1. The van der Waals surface area contributed by atoms with E-state index < -0.39 is 15.9 Å². The van der Waals surface area contributed by atoms with Crippen molar-refractivity contribution < 1.29 is 22.7 Å². The van der Waals surface area contributed by atoms with Crippen LogP contribution in [0.3, 0.4) is 0 Å². The van der Waals surface area contributed by atoms with Gasteiger partial charge in [-0.2, -0.15) is 0 Å². The zero-order valence-electron chi connectivity index (χ0n) is 13.4. The molecule has 0 saturated carbocycles. The van der Waals surface area contributed by atoms with Crippen LogP contribution in [0, 0.1) is 12.3 Å². The third-order valence-electron chi connectivity index (χ3n) is 3.18. The fourth-order valence-electron chi connectivity index (χ4n) is 2.01. The van der Waals surface area contributed by atoms with Crippen molar-refractivity contribution >= 4 is 21.6 Å². The Morgan fingerprint density at radius 1 is 1.24 bits per heavy atom. The van der Waals surface area contributed by atoms with Gasteiger partial charge in [0.25, 0.3) is 15.9 Å². The van der Waals surface area contributed by atoms with Crippen LogP contribution in [0.25, 0.3) is 0 Å². The van der Waals surface area contributed by atoms with Crippen LogP contribution in [0.15, 0.2) is 47.4 Å². The van der Waals surface area contributed by atoms with Gasteiger partial charge in [-0.15, -0.1) is 6.42 Å². The Kier molecular flexibility index (Phi) is 5.52. The van der Waals surface area contributed by atoms with Crippen LogP contribution in [0.2, 0.25) is 0 Å². The van der Waals surface area contributed by atoms with E-state index in [9.17, 15) is 13.2 Å². The quantitative estimate of drug-likeness (QED) is 0.729. The Morgan fingerprint density at radius 2 is 1.92 bits per heavy atom. The van der Waals surface area contributed by atoms with Crippen LogP contribution in [-0.4, -0.2) is 28.0 Å².